The summed E-state index contributed by atoms with van der Waals surface area (Å²) in [7, 11) is 0. The zero-order valence-corrected chi connectivity index (χ0v) is 12.2. The molecule has 0 spiro atoms. The number of carbonyl (C=O) groups excluding carboxylic acids is 2. The van der Waals surface area contributed by atoms with E-state index in [9.17, 15) is 9.59 Å². The molecule has 3 amide bonds. The number of imide groups is 1. The van der Waals surface area contributed by atoms with Gasteiger partial charge in [0.15, 0.2) is 0 Å². The van der Waals surface area contributed by atoms with Crippen LogP contribution in [0.4, 0.5) is 10.5 Å². The van der Waals surface area contributed by atoms with Crippen LogP contribution in [0.2, 0.25) is 0 Å². The lowest BCUT2D eigenvalue weighted by Crippen LogP contribution is -2.33. The zero-order valence-electron chi connectivity index (χ0n) is 12.2. The van der Waals surface area contributed by atoms with Gasteiger partial charge >= 0.3 is 6.03 Å². The number of hydrogen-bond acceptors (Lipinski definition) is 3. The van der Waals surface area contributed by atoms with E-state index < -0.39 is 12.1 Å². The second kappa shape index (κ2) is 5.99. The monoisotopic (exact) mass is 296 g/mol. The van der Waals surface area contributed by atoms with Crippen LogP contribution in [0.5, 0.6) is 0 Å². The third kappa shape index (κ3) is 2.35. The van der Waals surface area contributed by atoms with E-state index in [4.69, 9.17) is 4.84 Å². The molecule has 1 heterocycles. The maximum absolute atomic E-state index is 12.6. The second-order valence-corrected chi connectivity index (χ2v) is 4.85. The van der Waals surface area contributed by atoms with Crippen molar-refractivity contribution < 1.29 is 14.4 Å². The highest BCUT2D eigenvalue weighted by atomic mass is 16.7. The van der Waals surface area contributed by atoms with Crippen LogP contribution >= 0.6 is 0 Å². The summed E-state index contributed by atoms with van der Waals surface area (Å²) in [5.74, 6) is -0.373. The van der Waals surface area contributed by atoms with Crippen LogP contribution in [0, 0.1) is 0 Å². The average Bonchev–Trinajstić information content (AvgIpc) is 2.81. The summed E-state index contributed by atoms with van der Waals surface area (Å²) in [5.41, 5.74) is 1.42. The number of nitrogens with zero attached hydrogens (tertiary/aromatic N) is 2. The van der Waals surface area contributed by atoms with Gasteiger partial charge in [-0.25, -0.2) is 4.79 Å². The predicted octanol–water partition coefficient (Wildman–Crippen LogP) is 3.15. The summed E-state index contributed by atoms with van der Waals surface area (Å²) < 4.78 is 0. The van der Waals surface area contributed by atoms with E-state index in [0.29, 0.717) is 5.69 Å². The highest BCUT2D eigenvalue weighted by Gasteiger charge is 2.47. The average molecular weight is 296 g/mol. The largest absolute Gasteiger partial charge is 0.356 e. The first kappa shape index (κ1) is 14.3. The Morgan fingerprint density at radius 2 is 1.55 bits per heavy atom. The Labute approximate surface area is 128 Å². The molecule has 2 aromatic carbocycles. The lowest BCUT2D eigenvalue weighted by atomic mass is 10.1. The maximum atomic E-state index is 12.6. The molecule has 0 N–H and O–H groups in total. The van der Waals surface area contributed by atoms with Gasteiger partial charge in [-0.3, -0.25) is 14.5 Å². The Kier molecular flexibility index (Phi) is 3.89. The molecule has 1 unspecified atom stereocenters. The first-order chi connectivity index (χ1) is 10.7. The summed E-state index contributed by atoms with van der Waals surface area (Å²) in [5, 5.41) is 0.852. The minimum atomic E-state index is -0.706. The van der Waals surface area contributed by atoms with Crippen molar-refractivity contribution in [3.63, 3.8) is 0 Å². The zero-order chi connectivity index (χ0) is 15.5. The Morgan fingerprint density at radius 1 is 0.955 bits per heavy atom. The van der Waals surface area contributed by atoms with E-state index in [0.717, 1.165) is 10.6 Å². The van der Waals surface area contributed by atoms with E-state index in [-0.39, 0.29) is 12.5 Å². The second-order valence-electron chi connectivity index (χ2n) is 4.85. The summed E-state index contributed by atoms with van der Waals surface area (Å²) in [6, 6.07) is 17.2. The molecule has 1 fully saturated rings. The smallest absolute Gasteiger partial charge is 0.275 e. The van der Waals surface area contributed by atoms with Crippen LogP contribution < -0.4 is 4.90 Å². The lowest BCUT2D eigenvalue weighted by molar-refractivity contribution is -0.162. The van der Waals surface area contributed by atoms with Crippen molar-refractivity contribution in [2.24, 2.45) is 0 Å². The van der Waals surface area contributed by atoms with E-state index in [2.05, 4.69) is 0 Å². The first-order valence-corrected chi connectivity index (χ1v) is 7.14. The van der Waals surface area contributed by atoms with E-state index in [1.54, 1.807) is 19.1 Å². The molecule has 2 aromatic rings. The Balaban J connectivity index is 2.07. The van der Waals surface area contributed by atoms with Gasteiger partial charge in [0.25, 0.3) is 5.91 Å². The lowest BCUT2D eigenvalue weighted by Gasteiger charge is -2.21. The molecule has 0 bridgehead atoms. The minimum Gasteiger partial charge on any atom is -0.275 e. The van der Waals surface area contributed by atoms with Crippen LogP contribution in [0.1, 0.15) is 18.5 Å². The van der Waals surface area contributed by atoms with Gasteiger partial charge in [-0.1, -0.05) is 48.5 Å². The first-order valence-electron chi connectivity index (χ1n) is 7.14. The summed E-state index contributed by atoms with van der Waals surface area (Å²) in [6.45, 7) is 1.99. The number of para-hydroxylation sites is 1. The summed E-state index contributed by atoms with van der Waals surface area (Å²) in [6.07, 6.45) is 0. The van der Waals surface area contributed by atoms with Gasteiger partial charge in [0.1, 0.15) is 6.04 Å². The number of anilines is 1. The fraction of sp³-hybridized carbons (Fsp3) is 0.176. The molecule has 22 heavy (non-hydrogen) atoms. The van der Waals surface area contributed by atoms with Gasteiger partial charge in [-0.15, -0.1) is 5.06 Å². The topological polar surface area (TPSA) is 49.9 Å². The van der Waals surface area contributed by atoms with Gasteiger partial charge in [0.2, 0.25) is 0 Å². The third-order valence-electron chi connectivity index (χ3n) is 3.48. The van der Waals surface area contributed by atoms with Gasteiger partial charge in [0.05, 0.1) is 6.61 Å². The molecule has 1 atom stereocenters. The maximum Gasteiger partial charge on any atom is 0.356 e. The number of benzene rings is 2. The van der Waals surface area contributed by atoms with Crippen molar-refractivity contribution >= 4 is 17.6 Å². The number of rotatable bonds is 4. The third-order valence-corrected chi connectivity index (χ3v) is 3.48. The molecule has 1 saturated heterocycles. The summed E-state index contributed by atoms with van der Waals surface area (Å²) in [4.78, 5) is 31.9. The Morgan fingerprint density at radius 3 is 2.14 bits per heavy atom. The SMILES string of the molecule is CCON1C(=O)C(c2ccccc2)N(c2ccccc2)C1=O. The standard InChI is InChI=1S/C17H16N2O3/c1-2-22-19-16(20)15(13-9-5-3-6-10-13)18(17(19)21)14-11-7-4-8-12-14/h3-12,15H,2H2,1H3. The molecular weight excluding hydrogens is 280 g/mol. The number of hydroxylamine groups is 2. The predicted molar refractivity (Wildman–Crippen MR) is 82.0 cm³/mol. The molecule has 3 rings (SSSR count). The van der Waals surface area contributed by atoms with Gasteiger partial charge in [-0.2, -0.15) is 0 Å². The Bertz CT molecular complexity index is 615. The van der Waals surface area contributed by atoms with Crippen LogP contribution in [0.25, 0.3) is 0 Å². The fourth-order valence-electron chi connectivity index (χ4n) is 2.55. The van der Waals surface area contributed by atoms with E-state index in [1.807, 2.05) is 48.5 Å². The number of urea groups is 1. The van der Waals surface area contributed by atoms with Gasteiger partial charge < -0.3 is 0 Å². The quantitative estimate of drug-likeness (QED) is 0.814. The van der Waals surface area contributed by atoms with Crippen molar-refractivity contribution in [1.29, 1.82) is 0 Å². The molecule has 0 aliphatic carbocycles. The molecule has 5 nitrogen and oxygen atoms in total. The van der Waals surface area contributed by atoms with Crippen molar-refractivity contribution in [2.45, 2.75) is 13.0 Å². The summed E-state index contributed by atoms with van der Waals surface area (Å²) >= 11 is 0. The van der Waals surface area contributed by atoms with E-state index >= 15 is 0 Å². The van der Waals surface area contributed by atoms with Crippen LogP contribution in [0.15, 0.2) is 60.7 Å². The fourth-order valence-corrected chi connectivity index (χ4v) is 2.55. The van der Waals surface area contributed by atoms with E-state index in [1.165, 1.54) is 4.90 Å². The van der Waals surface area contributed by atoms with Gasteiger partial charge in [-0.05, 0) is 24.6 Å². The number of amides is 3. The highest BCUT2D eigenvalue weighted by molar-refractivity contribution is 6.13. The molecule has 0 radical (unpaired) electrons. The van der Waals surface area contributed by atoms with Crippen LogP contribution in [-0.4, -0.2) is 23.6 Å². The van der Waals surface area contributed by atoms with Crippen LogP contribution in [-0.2, 0) is 9.63 Å². The van der Waals surface area contributed by atoms with Crippen LogP contribution in [0.3, 0.4) is 0 Å². The number of carbonyl (C=O) groups is 2. The normalized spacial score (nSPS) is 18.1. The molecule has 112 valence electrons. The molecule has 1 aliphatic heterocycles. The van der Waals surface area contributed by atoms with Crippen molar-refractivity contribution in [3.8, 4) is 0 Å². The molecule has 0 saturated carbocycles. The minimum absolute atomic E-state index is 0.252. The van der Waals surface area contributed by atoms with Crippen molar-refractivity contribution in [3.05, 3.63) is 66.2 Å². The highest BCUT2D eigenvalue weighted by Crippen LogP contribution is 2.35. The van der Waals surface area contributed by atoms with Crippen molar-refractivity contribution in [1.82, 2.24) is 5.06 Å². The van der Waals surface area contributed by atoms with Gasteiger partial charge in [0, 0.05) is 5.69 Å². The molecule has 1 aliphatic rings. The number of hydrogen-bond donors (Lipinski definition) is 0. The molecule has 0 aromatic heterocycles. The Hall–Kier alpha value is -2.66. The molecule has 5 heteroatoms. The molecular formula is C17H16N2O3. The van der Waals surface area contributed by atoms with Crippen molar-refractivity contribution in [2.75, 3.05) is 11.5 Å².